The van der Waals surface area contributed by atoms with Gasteiger partial charge in [0.25, 0.3) is 0 Å². The van der Waals surface area contributed by atoms with Crippen LogP contribution < -0.4 is 10.6 Å². The van der Waals surface area contributed by atoms with Gasteiger partial charge >= 0.3 is 0 Å². The van der Waals surface area contributed by atoms with Crippen LogP contribution in [0.3, 0.4) is 0 Å². The molecule has 1 aliphatic rings. The van der Waals surface area contributed by atoms with E-state index in [1.165, 1.54) is 0 Å². The van der Waals surface area contributed by atoms with Gasteiger partial charge in [-0.05, 0) is 40.8 Å². The first-order chi connectivity index (χ1) is 8.50. The Morgan fingerprint density at radius 1 is 1.32 bits per heavy atom. The molecule has 0 bridgehead atoms. The fourth-order valence-corrected chi connectivity index (χ4v) is 2.25. The molecule has 0 aromatic carbocycles. The summed E-state index contributed by atoms with van der Waals surface area (Å²) in [5, 5.41) is 6.75. The zero-order valence-electron chi connectivity index (χ0n) is 12.8. The fourth-order valence-electron chi connectivity index (χ4n) is 2.25. The summed E-state index contributed by atoms with van der Waals surface area (Å²) in [6.07, 6.45) is 2.12. The van der Waals surface area contributed by atoms with Crippen molar-refractivity contribution in [3.63, 3.8) is 0 Å². The summed E-state index contributed by atoms with van der Waals surface area (Å²) in [6.45, 7) is 6.81. The highest BCUT2D eigenvalue weighted by Gasteiger charge is 2.34. The summed E-state index contributed by atoms with van der Waals surface area (Å²) >= 11 is 0. The van der Waals surface area contributed by atoms with Crippen LogP contribution in [0.4, 0.5) is 0 Å². The number of nitrogens with one attached hydrogen (secondary N) is 2. The third-order valence-electron chi connectivity index (χ3n) is 3.61. The first kappa shape index (κ1) is 18.9. The predicted molar refractivity (Wildman–Crippen MR) is 91.5 cm³/mol. The minimum atomic E-state index is 0. The Bertz CT molecular complexity index is 276. The van der Waals surface area contributed by atoms with Crippen molar-refractivity contribution in [1.29, 1.82) is 0 Å². The average molecular weight is 384 g/mol. The number of hydrogen-bond acceptors (Lipinski definition) is 3. The highest BCUT2D eigenvalue weighted by atomic mass is 127. The number of hydrogen-bond donors (Lipinski definition) is 2. The number of guanidine groups is 1. The molecule has 1 saturated heterocycles. The molecule has 0 amide bonds. The van der Waals surface area contributed by atoms with E-state index in [0.29, 0.717) is 6.04 Å². The topological polar surface area (TPSA) is 48.9 Å². The normalized spacial score (nSPS) is 19.2. The van der Waals surface area contributed by atoms with Gasteiger partial charge in [-0.3, -0.25) is 4.99 Å². The first-order valence-corrected chi connectivity index (χ1v) is 6.72. The van der Waals surface area contributed by atoms with Crippen LogP contribution in [-0.4, -0.2) is 63.3 Å². The molecule has 19 heavy (non-hydrogen) atoms. The van der Waals surface area contributed by atoms with Crippen LogP contribution in [-0.2, 0) is 4.74 Å². The van der Waals surface area contributed by atoms with Gasteiger partial charge < -0.3 is 20.3 Å². The molecule has 0 unspecified atom stereocenters. The Morgan fingerprint density at radius 2 is 1.89 bits per heavy atom. The summed E-state index contributed by atoms with van der Waals surface area (Å²) in [5.74, 6) is 0.873. The van der Waals surface area contributed by atoms with Crippen LogP contribution in [0.2, 0.25) is 0 Å². The third kappa shape index (κ3) is 5.83. The van der Waals surface area contributed by atoms with Crippen LogP contribution in [0.15, 0.2) is 4.99 Å². The molecule has 1 rings (SSSR count). The summed E-state index contributed by atoms with van der Waals surface area (Å²) < 4.78 is 5.47. The number of nitrogens with zero attached hydrogens (tertiary/aromatic N) is 2. The van der Waals surface area contributed by atoms with E-state index in [0.717, 1.165) is 38.6 Å². The second kappa shape index (κ2) is 8.97. The van der Waals surface area contributed by atoms with Gasteiger partial charge in [0.15, 0.2) is 5.96 Å². The molecule has 6 heteroatoms. The van der Waals surface area contributed by atoms with E-state index in [2.05, 4.69) is 48.5 Å². The van der Waals surface area contributed by atoms with Crippen LogP contribution in [0.25, 0.3) is 0 Å². The SMILES string of the molecule is CN=C(NCC1(N(C)C)CCOCC1)NC(C)C.I. The van der Waals surface area contributed by atoms with E-state index in [1.54, 1.807) is 0 Å². The lowest BCUT2D eigenvalue weighted by atomic mass is 9.88. The summed E-state index contributed by atoms with van der Waals surface area (Å²) in [6, 6.07) is 0.390. The Kier molecular flexibility index (Phi) is 8.93. The smallest absolute Gasteiger partial charge is 0.191 e. The Labute approximate surface area is 134 Å². The van der Waals surface area contributed by atoms with Crippen molar-refractivity contribution in [1.82, 2.24) is 15.5 Å². The van der Waals surface area contributed by atoms with Gasteiger partial charge in [0, 0.05) is 38.4 Å². The van der Waals surface area contributed by atoms with Crippen LogP contribution >= 0.6 is 24.0 Å². The molecule has 1 aliphatic heterocycles. The molecule has 0 saturated carbocycles. The van der Waals surface area contributed by atoms with Crippen molar-refractivity contribution < 1.29 is 4.74 Å². The highest BCUT2D eigenvalue weighted by Crippen LogP contribution is 2.24. The standard InChI is InChI=1S/C13H28N4O.HI/c1-11(2)16-12(14-3)15-10-13(17(4)5)6-8-18-9-7-13;/h11H,6-10H2,1-5H3,(H2,14,15,16);1H. The van der Waals surface area contributed by atoms with Crippen molar-refractivity contribution in [2.45, 2.75) is 38.3 Å². The molecule has 1 fully saturated rings. The zero-order valence-corrected chi connectivity index (χ0v) is 15.2. The van der Waals surface area contributed by atoms with Gasteiger partial charge in [-0.2, -0.15) is 0 Å². The monoisotopic (exact) mass is 384 g/mol. The lowest BCUT2D eigenvalue weighted by Crippen LogP contribution is -2.57. The first-order valence-electron chi connectivity index (χ1n) is 6.72. The third-order valence-corrected chi connectivity index (χ3v) is 3.61. The molecule has 0 aromatic rings. The number of likely N-dealkylation sites (N-methyl/N-ethyl adjacent to an activating group) is 1. The van der Waals surface area contributed by atoms with Gasteiger partial charge in [0.1, 0.15) is 0 Å². The fraction of sp³-hybridized carbons (Fsp3) is 0.923. The van der Waals surface area contributed by atoms with Crippen molar-refractivity contribution in [3.05, 3.63) is 0 Å². The van der Waals surface area contributed by atoms with Crippen LogP contribution in [0.5, 0.6) is 0 Å². The van der Waals surface area contributed by atoms with E-state index in [1.807, 2.05) is 7.05 Å². The Balaban J connectivity index is 0.00000324. The summed E-state index contributed by atoms with van der Waals surface area (Å²) in [7, 11) is 6.10. The quantitative estimate of drug-likeness (QED) is 0.436. The van der Waals surface area contributed by atoms with Gasteiger partial charge in [-0.1, -0.05) is 0 Å². The van der Waals surface area contributed by atoms with Gasteiger partial charge in [0.05, 0.1) is 0 Å². The molecule has 0 aliphatic carbocycles. The van der Waals surface area contributed by atoms with E-state index < -0.39 is 0 Å². The van der Waals surface area contributed by atoms with Gasteiger partial charge in [-0.15, -0.1) is 24.0 Å². The molecular formula is C13H29IN4O. The molecule has 2 N–H and O–H groups in total. The maximum absolute atomic E-state index is 5.47. The van der Waals surface area contributed by atoms with Crippen LogP contribution in [0, 0.1) is 0 Å². The Morgan fingerprint density at radius 3 is 2.32 bits per heavy atom. The molecular weight excluding hydrogens is 355 g/mol. The Hall–Kier alpha value is -0.0800. The molecule has 0 aromatic heterocycles. The van der Waals surface area contributed by atoms with E-state index in [-0.39, 0.29) is 29.5 Å². The average Bonchev–Trinajstić information content (AvgIpc) is 2.35. The molecule has 1 heterocycles. The summed E-state index contributed by atoms with van der Waals surface area (Å²) in [4.78, 5) is 6.56. The highest BCUT2D eigenvalue weighted by molar-refractivity contribution is 14.0. The number of ether oxygens (including phenoxy) is 1. The lowest BCUT2D eigenvalue weighted by Gasteiger charge is -2.43. The second-order valence-corrected chi connectivity index (χ2v) is 5.46. The van der Waals surface area contributed by atoms with Crippen LogP contribution in [0.1, 0.15) is 26.7 Å². The second-order valence-electron chi connectivity index (χ2n) is 5.46. The van der Waals surface area contributed by atoms with Gasteiger partial charge in [0.2, 0.25) is 0 Å². The molecule has 0 spiro atoms. The maximum atomic E-state index is 5.47. The lowest BCUT2D eigenvalue weighted by molar-refractivity contribution is -0.00502. The molecule has 0 radical (unpaired) electrons. The van der Waals surface area contributed by atoms with Crippen molar-refractivity contribution in [3.8, 4) is 0 Å². The van der Waals surface area contributed by atoms with Gasteiger partial charge in [-0.25, -0.2) is 0 Å². The van der Waals surface area contributed by atoms with Crippen molar-refractivity contribution in [2.24, 2.45) is 4.99 Å². The molecule has 0 atom stereocenters. The molecule has 114 valence electrons. The van der Waals surface area contributed by atoms with Crippen molar-refractivity contribution >= 4 is 29.9 Å². The summed E-state index contributed by atoms with van der Waals surface area (Å²) in [5.41, 5.74) is 0.173. The number of halogens is 1. The van der Waals surface area contributed by atoms with E-state index in [4.69, 9.17) is 4.74 Å². The predicted octanol–water partition coefficient (Wildman–Crippen LogP) is 1.29. The zero-order chi connectivity index (χ0) is 13.6. The molecule has 5 nitrogen and oxygen atoms in total. The number of rotatable bonds is 4. The maximum Gasteiger partial charge on any atom is 0.191 e. The minimum Gasteiger partial charge on any atom is -0.381 e. The van der Waals surface area contributed by atoms with E-state index >= 15 is 0 Å². The minimum absolute atomic E-state index is 0. The largest absolute Gasteiger partial charge is 0.381 e. The number of aliphatic imine (C=N–C) groups is 1. The van der Waals surface area contributed by atoms with Crippen molar-refractivity contribution in [2.75, 3.05) is 40.9 Å². The van der Waals surface area contributed by atoms with E-state index in [9.17, 15) is 0 Å².